The van der Waals surface area contributed by atoms with Crippen molar-refractivity contribution in [2.45, 2.75) is 38.2 Å². The molecule has 0 radical (unpaired) electrons. The van der Waals surface area contributed by atoms with Crippen molar-refractivity contribution in [3.63, 3.8) is 0 Å². The predicted octanol–water partition coefficient (Wildman–Crippen LogP) is 0.767. The van der Waals surface area contributed by atoms with Crippen LogP contribution >= 0.6 is 0 Å². The van der Waals surface area contributed by atoms with Gasteiger partial charge in [0, 0.05) is 13.1 Å². The van der Waals surface area contributed by atoms with E-state index in [2.05, 4.69) is 17.1 Å². The van der Waals surface area contributed by atoms with Gasteiger partial charge in [0.05, 0.1) is 5.60 Å². The molecule has 0 aliphatic carbocycles. The van der Waals surface area contributed by atoms with Crippen molar-refractivity contribution in [1.82, 2.24) is 10.2 Å². The van der Waals surface area contributed by atoms with E-state index in [1.54, 1.807) is 0 Å². The molecule has 1 unspecified atom stereocenters. The Bertz CT molecular complexity index is 239. The average Bonchev–Trinajstić information content (AvgIpc) is 2.33. The minimum Gasteiger partial charge on any atom is -0.364 e. The Balaban J connectivity index is 1.73. The highest BCUT2D eigenvalue weighted by Gasteiger charge is 2.31. The Morgan fingerprint density at radius 3 is 2.75 bits per heavy atom. The molecule has 0 saturated carbocycles. The first-order chi connectivity index (χ1) is 7.68. The van der Waals surface area contributed by atoms with E-state index in [1.165, 1.54) is 32.4 Å². The van der Waals surface area contributed by atoms with Gasteiger partial charge in [0.2, 0.25) is 5.91 Å². The third-order valence-electron chi connectivity index (χ3n) is 3.62. The van der Waals surface area contributed by atoms with Gasteiger partial charge in [-0.05, 0) is 39.3 Å². The minimum atomic E-state index is -0.161. The minimum absolute atomic E-state index is 0.00967. The maximum Gasteiger partial charge on any atom is 0.246 e. The van der Waals surface area contributed by atoms with E-state index in [-0.39, 0.29) is 18.1 Å². The number of nitrogens with one attached hydrogen (secondary N) is 1. The summed E-state index contributed by atoms with van der Waals surface area (Å²) in [6, 6.07) is 0. The number of ether oxygens (including phenoxy) is 1. The highest BCUT2D eigenvalue weighted by atomic mass is 16.5. The molecule has 0 aromatic heterocycles. The van der Waals surface area contributed by atoms with Crippen LogP contribution in [0.3, 0.4) is 0 Å². The smallest absolute Gasteiger partial charge is 0.246 e. The molecule has 4 heteroatoms. The molecule has 0 spiro atoms. The van der Waals surface area contributed by atoms with Crippen molar-refractivity contribution in [3.05, 3.63) is 0 Å². The molecule has 92 valence electrons. The van der Waals surface area contributed by atoms with Gasteiger partial charge in [0.1, 0.15) is 6.61 Å². The van der Waals surface area contributed by atoms with Gasteiger partial charge in [-0.15, -0.1) is 0 Å². The van der Waals surface area contributed by atoms with Gasteiger partial charge in [-0.25, -0.2) is 0 Å². The van der Waals surface area contributed by atoms with E-state index in [0.29, 0.717) is 6.54 Å². The molecule has 2 rings (SSSR count). The van der Waals surface area contributed by atoms with Crippen LogP contribution < -0.4 is 5.32 Å². The fourth-order valence-electron chi connectivity index (χ4n) is 2.37. The lowest BCUT2D eigenvalue weighted by molar-refractivity contribution is -0.142. The first kappa shape index (κ1) is 11.9. The SMILES string of the molecule is CC1(CCN2CCCCC2)CNC(=O)CO1. The molecule has 1 amide bonds. The molecule has 2 saturated heterocycles. The van der Waals surface area contributed by atoms with Crippen molar-refractivity contribution < 1.29 is 9.53 Å². The zero-order chi connectivity index (χ0) is 11.4. The van der Waals surface area contributed by atoms with Crippen LogP contribution in [0, 0.1) is 0 Å². The van der Waals surface area contributed by atoms with Gasteiger partial charge in [0.15, 0.2) is 0 Å². The highest BCUT2D eigenvalue weighted by Crippen LogP contribution is 2.19. The normalized spacial score (nSPS) is 32.4. The van der Waals surface area contributed by atoms with Crippen LogP contribution in [0.15, 0.2) is 0 Å². The molecule has 2 aliphatic rings. The second kappa shape index (κ2) is 5.15. The van der Waals surface area contributed by atoms with Gasteiger partial charge in [-0.1, -0.05) is 6.42 Å². The number of hydrogen-bond donors (Lipinski definition) is 1. The molecule has 4 nitrogen and oxygen atoms in total. The number of hydrogen-bond acceptors (Lipinski definition) is 3. The number of morpholine rings is 1. The van der Waals surface area contributed by atoms with E-state index in [4.69, 9.17) is 4.74 Å². The molecule has 1 atom stereocenters. The molecule has 0 bridgehead atoms. The Morgan fingerprint density at radius 2 is 2.12 bits per heavy atom. The van der Waals surface area contributed by atoms with Crippen LogP contribution in [0.4, 0.5) is 0 Å². The topological polar surface area (TPSA) is 41.6 Å². The van der Waals surface area contributed by atoms with Gasteiger partial charge >= 0.3 is 0 Å². The van der Waals surface area contributed by atoms with Crippen molar-refractivity contribution in [2.75, 3.05) is 32.8 Å². The molecular formula is C12H22N2O2. The summed E-state index contributed by atoms with van der Waals surface area (Å²) in [7, 11) is 0. The summed E-state index contributed by atoms with van der Waals surface area (Å²) in [6.07, 6.45) is 5.04. The molecule has 0 aromatic rings. The van der Waals surface area contributed by atoms with Crippen LogP contribution in [0.5, 0.6) is 0 Å². The van der Waals surface area contributed by atoms with E-state index in [0.717, 1.165) is 13.0 Å². The van der Waals surface area contributed by atoms with Crippen LogP contribution in [0.2, 0.25) is 0 Å². The van der Waals surface area contributed by atoms with Crippen molar-refractivity contribution >= 4 is 5.91 Å². The lowest BCUT2D eigenvalue weighted by atomic mass is 9.99. The molecule has 0 aromatic carbocycles. The second-order valence-corrected chi connectivity index (χ2v) is 5.17. The van der Waals surface area contributed by atoms with E-state index >= 15 is 0 Å². The summed E-state index contributed by atoms with van der Waals surface area (Å²) in [4.78, 5) is 13.5. The number of carbonyl (C=O) groups excluding carboxylic acids is 1. The van der Waals surface area contributed by atoms with Crippen molar-refractivity contribution in [3.8, 4) is 0 Å². The largest absolute Gasteiger partial charge is 0.364 e. The average molecular weight is 226 g/mol. The summed E-state index contributed by atoms with van der Waals surface area (Å²) in [5.74, 6) is 0.00967. The molecule has 2 heterocycles. The van der Waals surface area contributed by atoms with Crippen molar-refractivity contribution in [1.29, 1.82) is 0 Å². The monoisotopic (exact) mass is 226 g/mol. The third-order valence-corrected chi connectivity index (χ3v) is 3.62. The molecular weight excluding hydrogens is 204 g/mol. The first-order valence-electron chi connectivity index (χ1n) is 6.31. The van der Waals surface area contributed by atoms with Crippen molar-refractivity contribution in [2.24, 2.45) is 0 Å². The van der Waals surface area contributed by atoms with E-state index in [9.17, 15) is 4.79 Å². The Morgan fingerprint density at radius 1 is 1.38 bits per heavy atom. The second-order valence-electron chi connectivity index (χ2n) is 5.17. The number of likely N-dealkylation sites (tertiary alicyclic amines) is 1. The highest BCUT2D eigenvalue weighted by molar-refractivity contribution is 5.77. The van der Waals surface area contributed by atoms with Gasteiger partial charge in [-0.2, -0.15) is 0 Å². The van der Waals surface area contributed by atoms with Crippen LogP contribution in [0.1, 0.15) is 32.6 Å². The molecule has 16 heavy (non-hydrogen) atoms. The fourth-order valence-corrected chi connectivity index (χ4v) is 2.37. The van der Waals surface area contributed by atoms with Crippen LogP contribution in [0.25, 0.3) is 0 Å². The van der Waals surface area contributed by atoms with E-state index < -0.39 is 0 Å². The van der Waals surface area contributed by atoms with Gasteiger partial charge in [0.25, 0.3) is 0 Å². The molecule has 2 aliphatic heterocycles. The molecule has 1 N–H and O–H groups in total. The zero-order valence-corrected chi connectivity index (χ0v) is 10.1. The van der Waals surface area contributed by atoms with Gasteiger partial charge in [-0.3, -0.25) is 4.79 Å². The third kappa shape index (κ3) is 3.19. The number of piperidine rings is 1. The fraction of sp³-hybridized carbons (Fsp3) is 0.917. The maximum atomic E-state index is 11.0. The Labute approximate surface area is 97.3 Å². The van der Waals surface area contributed by atoms with Crippen LogP contribution in [-0.4, -0.2) is 49.2 Å². The summed E-state index contributed by atoms with van der Waals surface area (Å²) in [5, 5.41) is 2.88. The Kier molecular flexibility index (Phi) is 3.82. The summed E-state index contributed by atoms with van der Waals surface area (Å²) >= 11 is 0. The number of carbonyl (C=O) groups is 1. The Hall–Kier alpha value is -0.610. The predicted molar refractivity (Wildman–Crippen MR) is 62.3 cm³/mol. The maximum absolute atomic E-state index is 11.0. The zero-order valence-electron chi connectivity index (χ0n) is 10.1. The summed E-state index contributed by atoms with van der Waals surface area (Å²) < 4.78 is 5.63. The lowest BCUT2D eigenvalue weighted by Crippen LogP contribution is -2.52. The van der Waals surface area contributed by atoms with E-state index in [1.807, 2.05) is 0 Å². The number of amides is 1. The van der Waals surface area contributed by atoms with Gasteiger partial charge < -0.3 is 15.0 Å². The summed E-state index contributed by atoms with van der Waals surface area (Å²) in [5.41, 5.74) is -0.161. The number of rotatable bonds is 3. The standard InChI is InChI=1S/C12H22N2O2/c1-12(10-13-11(15)9-16-12)5-8-14-6-3-2-4-7-14/h2-10H2,1H3,(H,13,15). The van der Waals surface area contributed by atoms with Crippen LogP contribution in [-0.2, 0) is 9.53 Å². The lowest BCUT2D eigenvalue weighted by Gasteiger charge is -2.36. The quantitative estimate of drug-likeness (QED) is 0.773. The number of nitrogens with zero attached hydrogens (tertiary/aromatic N) is 1. The summed E-state index contributed by atoms with van der Waals surface area (Å²) in [6.45, 7) is 6.50. The first-order valence-corrected chi connectivity index (χ1v) is 6.31. The molecule has 2 fully saturated rings.